The van der Waals surface area contributed by atoms with Crippen molar-refractivity contribution in [2.45, 2.75) is 83.7 Å². The van der Waals surface area contributed by atoms with Gasteiger partial charge in [0.2, 0.25) is 0 Å². The highest BCUT2D eigenvalue weighted by Gasteiger charge is 2.68. The second-order valence-electron chi connectivity index (χ2n) is 12.5. The van der Waals surface area contributed by atoms with E-state index < -0.39 is 40.2 Å². The van der Waals surface area contributed by atoms with Gasteiger partial charge in [-0.1, -0.05) is 20.8 Å². The summed E-state index contributed by atoms with van der Waals surface area (Å²) in [7, 11) is 0. The molecule has 3 fully saturated rings. The molecule has 3 unspecified atom stereocenters. The van der Waals surface area contributed by atoms with Crippen LogP contribution in [0.2, 0.25) is 0 Å². The number of rotatable bonds is 3. The molecule has 3 heterocycles. The molecule has 0 bridgehead atoms. The molecule has 6 rings (SSSR count). The third-order valence-electron chi connectivity index (χ3n) is 9.92. The van der Waals surface area contributed by atoms with E-state index in [1.54, 1.807) is 30.6 Å². The Morgan fingerprint density at radius 3 is 2.59 bits per heavy atom. The van der Waals surface area contributed by atoms with Gasteiger partial charge in [-0.05, 0) is 62.5 Å². The zero-order valence-electron chi connectivity index (χ0n) is 21.8. The predicted molar refractivity (Wildman–Crippen MR) is 134 cm³/mol. The van der Waals surface area contributed by atoms with E-state index in [1.807, 2.05) is 6.92 Å². The van der Waals surface area contributed by atoms with Crippen molar-refractivity contribution in [3.05, 3.63) is 46.6 Å². The number of fused-ring (bicyclic) bond motifs is 4. The smallest absolute Gasteiger partial charge is 0.345 e. The average Bonchev–Trinajstić information content (AvgIpc) is 3.69. The maximum absolute atomic E-state index is 13.2. The summed E-state index contributed by atoms with van der Waals surface area (Å²) in [4.78, 5) is 29.8. The van der Waals surface area contributed by atoms with Crippen LogP contribution in [0, 0.1) is 28.6 Å². The molecule has 0 aromatic carbocycles. The van der Waals surface area contributed by atoms with Gasteiger partial charge in [0.25, 0.3) is 0 Å². The minimum Gasteiger partial charge on any atom is -0.484 e. The second kappa shape index (κ2) is 8.14. The quantitative estimate of drug-likeness (QED) is 0.596. The minimum atomic E-state index is -1.18. The summed E-state index contributed by atoms with van der Waals surface area (Å²) in [6.07, 6.45) is 4.41. The van der Waals surface area contributed by atoms with Crippen molar-refractivity contribution in [3.8, 4) is 17.1 Å². The molecule has 3 aliphatic carbocycles. The van der Waals surface area contributed by atoms with Gasteiger partial charge in [0, 0.05) is 35.4 Å². The number of hydrogen-bond donors (Lipinski definition) is 2. The molecule has 8 nitrogen and oxygen atoms in total. The van der Waals surface area contributed by atoms with Crippen molar-refractivity contribution in [3.63, 3.8) is 0 Å². The Labute approximate surface area is 216 Å². The monoisotopic (exact) mass is 509 g/mol. The first-order valence-electron chi connectivity index (χ1n) is 13.3. The molecule has 2 aromatic rings. The fourth-order valence-corrected chi connectivity index (χ4v) is 7.79. The van der Waals surface area contributed by atoms with Crippen molar-refractivity contribution in [2.24, 2.45) is 28.6 Å². The van der Waals surface area contributed by atoms with Gasteiger partial charge >= 0.3 is 11.6 Å². The molecule has 4 aliphatic rings. The van der Waals surface area contributed by atoms with Gasteiger partial charge in [-0.25, -0.2) is 4.79 Å². The molecule has 7 atom stereocenters. The van der Waals surface area contributed by atoms with E-state index in [0.717, 1.165) is 12.8 Å². The molecule has 1 aliphatic heterocycles. The minimum absolute atomic E-state index is 0.0187. The number of nitrogens with zero attached hydrogens (tertiary/aromatic N) is 1. The van der Waals surface area contributed by atoms with Gasteiger partial charge in [-0.3, -0.25) is 9.78 Å². The van der Waals surface area contributed by atoms with E-state index in [1.165, 1.54) is 0 Å². The zero-order valence-corrected chi connectivity index (χ0v) is 21.8. The van der Waals surface area contributed by atoms with E-state index in [9.17, 15) is 19.8 Å². The summed E-state index contributed by atoms with van der Waals surface area (Å²) in [6, 6.07) is 5.13. The maximum Gasteiger partial charge on any atom is 0.345 e. The number of pyridine rings is 1. The van der Waals surface area contributed by atoms with Gasteiger partial charge in [0.05, 0.1) is 18.1 Å². The van der Waals surface area contributed by atoms with Crippen molar-refractivity contribution in [1.29, 1.82) is 0 Å². The third-order valence-corrected chi connectivity index (χ3v) is 9.92. The van der Waals surface area contributed by atoms with Crippen LogP contribution in [0.15, 0.2) is 39.8 Å². The van der Waals surface area contributed by atoms with E-state index in [2.05, 4.69) is 25.8 Å². The van der Waals surface area contributed by atoms with Crippen molar-refractivity contribution in [2.75, 3.05) is 0 Å². The third kappa shape index (κ3) is 3.59. The van der Waals surface area contributed by atoms with Gasteiger partial charge in [-0.2, -0.15) is 0 Å². The summed E-state index contributed by atoms with van der Waals surface area (Å²) in [5.74, 6) is -0.216. The van der Waals surface area contributed by atoms with Crippen LogP contribution in [-0.2, 0) is 9.53 Å². The van der Waals surface area contributed by atoms with Crippen molar-refractivity contribution >= 4 is 5.97 Å². The zero-order chi connectivity index (χ0) is 26.3. The molecule has 37 heavy (non-hydrogen) atoms. The molecular formula is C29H35NO7. The first kappa shape index (κ1) is 24.6. The lowest BCUT2D eigenvalue weighted by Crippen LogP contribution is -2.70. The van der Waals surface area contributed by atoms with Crippen molar-refractivity contribution < 1.29 is 28.9 Å². The van der Waals surface area contributed by atoms with Gasteiger partial charge < -0.3 is 24.1 Å². The van der Waals surface area contributed by atoms with Crippen LogP contribution in [0.25, 0.3) is 11.3 Å². The lowest BCUT2D eigenvalue weighted by molar-refractivity contribution is -0.259. The first-order valence-corrected chi connectivity index (χ1v) is 13.3. The fourth-order valence-electron chi connectivity index (χ4n) is 7.79. The SMILES string of the molecule is CC12CC[C@H](OC(=O)C3CC3)C(C)(C)C1C[C@H](O)[C@@]1(C)Oc3cc(-c4cccnc4)oc(=O)c3[C@H](O)C21. The lowest BCUT2D eigenvalue weighted by atomic mass is 9.43. The van der Waals surface area contributed by atoms with E-state index >= 15 is 0 Å². The highest BCUT2D eigenvalue weighted by atomic mass is 16.5. The van der Waals surface area contributed by atoms with E-state index in [0.29, 0.717) is 30.6 Å². The number of hydrogen-bond acceptors (Lipinski definition) is 8. The Morgan fingerprint density at radius 2 is 1.92 bits per heavy atom. The summed E-state index contributed by atoms with van der Waals surface area (Å²) in [5.41, 5.74) is -1.99. The topological polar surface area (TPSA) is 119 Å². The largest absolute Gasteiger partial charge is 0.484 e. The van der Waals surface area contributed by atoms with Gasteiger partial charge in [0.1, 0.15) is 28.8 Å². The van der Waals surface area contributed by atoms with Crippen LogP contribution in [0.3, 0.4) is 0 Å². The van der Waals surface area contributed by atoms with Crippen LogP contribution in [0.5, 0.6) is 5.75 Å². The van der Waals surface area contributed by atoms with Gasteiger partial charge in [0.15, 0.2) is 0 Å². The highest BCUT2D eigenvalue weighted by Crippen LogP contribution is 2.67. The van der Waals surface area contributed by atoms with E-state index in [-0.39, 0.29) is 35.2 Å². The highest BCUT2D eigenvalue weighted by molar-refractivity contribution is 5.75. The molecule has 0 radical (unpaired) electrons. The predicted octanol–water partition coefficient (Wildman–Crippen LogP) is 4.03. The Morgan fingerprint density at radius 1 is 1.16 bits per heavy atom. The summed E-state index contributed by atoms with van der Waals surface area (Å²) < 4.78 is 18.1. The molecular weight excluding hydrogens is 474 g/mol. The number of esters is 1. The maximum atomic E-state index is 13.2. The lowest BCUT2D eigenvalue weighted by Gasteiger charge is -2.66. The summed E-state index contributed by atoms with van der Waals surface area (Å²) in [6.45, 7) is 8.14. The molecule has 0 spiro atoms. The van der Waals surface area contributed by atoms with Crippen LogP contribution < -0.4 is 10.4 Å². The normalized spacial score (nSPS) is 37.9. The fraction of sp³-hybridized carbons (Fsp3) is 0.621. The molecule has 2 N–H and O–H groups in total. The molecule has 3 saturated carbocycles. The van der Waals surface area contributed by atoms with Crippen LogP contribution in [0.1, 0.15) is 71.5 Å². The number of aromatic nitrogens is 1. The Hall–Kier alpha value is -2.71. The standard InChI is InChI=1S/C29H35NO7/c1-27(2)19-13-20(31)29(4)24(28(19,3)10-9-21(27)36-25(33)15-7-8-15)23(32)22-18(37-29)12-17(35-26(22)34)16-6-5-11-30-14-16/h5-6,11-12,14-15,19-21,23-24,31-32H,7-10,13H2,1-4H3/t19?,20-,21-,23-,24?,28?,29+/m0/s1. The molecule has 198 valence electrons. The number of aliphatic hydroxyl groups excluding tert-OH is 2. The van der Waals surface area contributed by atoms with Crippen molar-refractivity contribution in [1.82, 2.24) is 4.98 Å². The Bertz CT molecular complexity index is 1280. The van der Waals surface area contributed by atoms with E-state index in [4.69, 9.17) is 13.9 Å². The second-order valence-corrected chi connectivity index (χ2v) is 12.5. The molecule has 0 saturated heterocycles. The average molecular weight is 510 g/mol. The number of ether oxygens (including phenoxy) is 2. The summed E-state index contributed by atoms with van der Waals surface area (Å²) in [5, 5.41) is 23.4. The molecule has 8 heteroatoms. The number of carbonyl (C=O) groups is 1. The Kier molecular flexibility index (Phi) is 5.42. The first-order chi connectivity index (χ1) is 17.5. The number of carbonyl (C=O) groups excluding carboxylic acids is 1. The Balaban J connectivity index is 1.39. The molecule has 2 aromatic heterocycles. The summed E-state index contributed by atoms with van der Waals surface area (Å²) >= 11 is 0. The van der Waals surface area contributed by atoms with Gasteiger partial charge in [-0.15, -0.1) is 0 Å². The van der Waals surface area contributed by atoms with Crippen LogP contribution in [-0.4, -0.2) is 39.0 Å². The van der Waals surface area contributed by atoms with Crippen LogP contribution in [0.4, 0.5) is 0 Å². The number of aliphatic hydroxyl groups is 2. The molecule has 0 amide bonds. The van der Waals surface area contributed by atoms with Crippen LogP contribution >= 0.6 is 0 Å².